The molecular weight excluding hydrogens is 309 g/mol. The van der Waals surface area contributed by atoms with Gasteiger partial charge in [0.15, 0.2) is 0 Å². The summed E-state index contributed by atoms with van der Waals surface area (Å²) < 4.78 is 5.10. The van der Waals surface area contributed by atoms with Crippen molar-refractivity contribution in [2.75, 3.05) is 20.2 Å². The summed E-state index contributed by atoms with van der Waals surface area (Å²) in [5.41, 5.74) is 1.04. The van der Waals surface area contributed by atoms with E-state index in [1.807, 2.05) is 0 Å². The lowest BCUT2D eigenvalue weighted by Gasteiger charge is -2.42. The van der Waals surface area contributed by atoms with E-state index in [4.69, 9.17) is 27.9 Å². The third-order valence-electron chi connectivity index (χ3n) is 4.07. The number of hydrogen-bond acceptors (Lipinski definition) is 3. The lowest BCUT2D eigenvalue weighted by molar-refractivity contribution is 0.0906. The number of aliphatic hydroxyl groups is 1. The number of ether oxygens (including phenoxy) is 1. The minimum Gasteiger partial charge on any atom is -0.497 e. The number of rotatable bonds is 6. The van der Waals surface area contributed by atoms with Gasteiger partial charge >= 0.3 is 0 Å². The highest BCUT2D eigenvalue weighted by molar-refractivity contribution is 6.36. The molecule has 1 unspecified atom stereocenters. The van der Waals surface area contributed by atoms with E-state index in [0.717, 1.165) is 6.54 Å². The Morgan fingerprint density at radius 1 is 1.33 bits per heavy atom. The fourth-order valence-corrected chi connectivity index (χ4v) is 3.89. The molecule has 1 fully saturated rings. The van der Waals surface area contributed by atoms with Crippen LogP contribution in [0.25, 0.3) is 0 Å². The Kier molecular flexibility index (Phi) is 5.42. The van der Waals surface area contributed by atoms with Gasteiger partial charge in [-0.3, -0.25) is 0 Å². The van der Waals surface area contributed by atoms with Crippen LogP contribution in [0.3, 0.4) is 0 Å². The summed E-state index contributed by atoms with van der Waals surface area (Å²) in [5, 5.41) is 14.4. The molecule has 0 spiro atoms. The van der Waals surface area contributed by atoms with Crippen LogP contribution in [0.15, 0.2) is 12.1 Å². The van der Waals surface area contributed by atoms with Gasteiger partial charge in [-0.05, 0) is 42.9 Å². The second-order valence-electron chi connectivity index (χ2n) is 6.62. The van der Waals surface area contributed by atoms with Crippen LogP contribution in [-0.2, 0) is 0 Å². The Hall–Kier alpha value is -0.480. The van der Waals surface area contributed by atoms with Crippen molar-refractivity contribution in [3.05, 3.63) is 27.7 Å². The predicted molar refractivity (Wildman–Crippen MR) is 87.3 cm³/mol. The van der Waals surface area contributed by atoms with Crippen molar-refractivity contribution in [2.45, 2.75) is 32.8 Å². The van der Waals surface area contributed by atoms with Crippen molar-refractivity contribution in [3.8, 4) is 5.75 Å². The highest BCUT2D eigenvalue weighted by Crippen LogP contribution is 2.44. The van der Waals surface area contributed by atoms with Gasteiger partial charge in [0.1, 0.15) is 5.75 Å². The summed E-state index contributed by atoms with van der Waals surface area (Å²) in [4.78, 5) is 0. The minimum atomic E-state index is -0.719. The molecule has 0 heterocycles. The van der Waals surface area contributed by atoms with Crippen LogP contribution in [0.4, 0.5) is 0 Å². The average Bonchev–Trinajstić information content (AvgIpc) is 2.35. The van der Waals surface area contributed by atoms with E-state index in [9.17, 15) is 5.11 Å². The first kappa shape index (κ1) is 16.9. The van der Waals surface area contributed by atoms with Gasteiger partial charge in [0, 0.05) is 12.1 Å². The summed E-state index contributed by atoms with van der Waals surface area (Å²) in [7, 11) is 1.56. The molecular formula is C16H23Cl2NO2. The Labute approximate surface area is 136 Å². The molecule has 1 saturated carbocycles. The molecule has 0 radical (unpaired) electrons. The molecule has 0 saturated heterocycles. The highest BCUT2D eigenvalue weighted by Gasteiger charge is 2.35. The van der Waals surface area contributed by atoms with Crippen molar-refractivity contribution in [1.82, 2.24) is 5.32 Å². The molecule has 2 rings (SSSR count). The zero-order valence-electron chi connectivity index (χ0n) is 12.7. The van der Waals surface area contributed by atoms with Crippen molar-refractivity contribution >= 4 is 23.2 Å². The van der Waals surface area contributed by atoms with Crippen molar-refractivity contribution < 1.29 is 9.84 Å². The standard InChI is InChI=1S/C16H23Cl2NO2/c1-16(2)6-10(7-16)8-19-9-14(20)15-12(17)4-11(21-3)5-13(15)18/h4-5,10,14,19-20H,6-9H2,1-3H3. The first-order valence-corrected chi connectivity index (χ1v) is 8.00. The molecule has 1 aromatic carbocycles. The molecule has 0 amide bonds. The number of benzene rings is 1. The fourth-order valence-electron chi connectivity index (χ4n) is 3.17. The maximum absolute atomic E-state index is 10.3. The van der Waals surface area contributed by atoms with Crippen LogP contribution in [0.1, 0.15) is 38.4 Å². The molecule has 1 aliphatic rings. The van der Waals surface area contributed by atoms with Gasteiger partial charge in [-0.25, -0.2) is 0 Å². The van der Waals surface area contributed by atoms with E-state index in [2.05, 4.69) is 19.2 Å². The van der Waals surface area contributed by atoms with Crippen LogP contribution in [-0.4, -0.2) is 25.3 Å². The van der Waals surface area contributed by atoms with E-state index in [1.165, 1.54) is 12.8 Å². The molecule has 2 N–H and O–H groups in total. The largest absolute Gasteiger partial charge is 0.497 e. The van der Waals surface area contributed by atoms with Gasteiger partial charge in [-0.2, -0.15) is 0 Å². The highest BCUT2D eigenvalue weighted by atomic mass is 35.5. The molecule has 1 atom stereocenters. The molecule has 1 aromatic rings. The molecule has 1 aliphatic carbocycles. The van der Waals surface area contributed by atoms with Gasteiger partial charge in [0.05, 0.1) is 23.3 Å². The van der Waals surface area contributed by atoms with Gasteiger partial charge in [-0.15, -0.1) is 0 Å². The minimum absolute atomic E-state index is 0.429. The normalized spacial score (nSPS) is 19.1. The average molecular weight is 332 g/mol. The summed E-state index contributed by atoms with van der Waals surface area (Å²) in [6, 6.07) is 3.33. The smallest absolute Gasteiger partial charge is 0.121 e. The van der Waals surface area contributed by atoms with Crippen LogP contribution < -0.4 is 10.1 Å². The van der Waals surface area contributed by atoms with Gasteiger partial charge in [-0.1, -0.05) is 37.0 Å². The molecule has 21 heavy (non-hydrogen) atoms. The lowest BCUT2D eigenvalue weighted by Crippen LogP contribution is -2.39. The van der Waals surface area contributed by atoms with E-state index >= 15 is 0 Å². The van der Waals surface area contributed by atoms with E-state index in [1.54, 1.807) is 19.2 Å². The summed E-state index contributed by atoms with van der Waals surface area (Å²) in [5.74, 6) is 1.29. The van der Waals surface area contributed by atoms with Crippen LogP contribution in [0.5, 0.6) is 5.75 Å². The summed E-state index contributed by atoms with van der Waals surface area (Å²) in [6.07, 6.45) is 1.75. The Balaban J connectivity index is 1.87. The van der Waals surface area contributed by atoms with Crippen molar-refractivity contribution in [2.24, 2.45) is 11.3 Å². The number of nitrogens with one attached hydrogen (secondary N) is 1. The SMILES string of the molecule is COc1cc(Cl)c(C(O)CNCC2CC(C)(C)C2)c(Cl)c1. The van der Waals surface area contributed by atoms with Crippen LogP contribution in [0, 0.1) is 11.3 Å². The zero-order valence-corrected chi connectivity index (χ0v) is 14.3. The Morgan fingerprint density at radius 2 is 1.90 bits per heavy atom. The fraction of sp³-hybridized carbons (Fsp3) is 0.625. The molecule has 118 valence electrons. The van der Waals surface area contributed by atoms with Crippen LogP contribution in [0.2, 0.25) is 10.0 Å². The third kappa shape index (κ3) is 4.26. The number of methoxy groups -OCH3 is 1. The lowest BCUT2D eigenvalue weighted by atomic mass is 9.64. The predicted octanol–water partition coefficient (Wildman–Crippen LogP) is 4.06. The Bertz CT molecular complexity index is 474. The van der Waals surface area contributed by atoms with E-state index in [0.29, 0.717) is 39.2 Å². The van der Waals surface area contributed by atoms with Crippen molar-refractivity contribution in [1.29, 1.82) is 0 Å². The monoisotopic (exact) mass is 331 g/mol. The number of hydrogen-bond donors (Lipinski definition) is 2. The number of aliphatic hydroxyl groups excluding tert-OH is 1. The molecule has 0 bridgehead atoms. The van der Waals surface area contributed by atoms with Gasteiger partial charge < -0.3 is 15.2 Å². The summed E-state index contributed by atoms with van der Waals surface area (Å²) in [6.45, 7) is 5.94. The van der Waals surface area contributed by atoms with Crippen molar-refractivity contribution in [3.63, 3.8) is 0 Å². The topological polar surface area (TPSA) is 41.5 Å². The van der Waals surface area contributed by atoms with E-state index < -0.39 is 6.10 Å². The summed E-state index contributed by atoms with van der Waals surface area (Å²) >= 11 is 12.3. The van der Waals surface area contributed by atoms with Crippen LogP contribution >= 0.6 is 23.2 Å². The molecule has 3 nitrogen and oxygen atoms in total. The zero-order chi connectivity index (χ0) is 15.6. The maximum atomic E-state index is 10.3. The van der Waals surface area contributed by atoms with Gasteiger partial charge in [0.2, 0.25) is 0 Å². The first-order chi connectivity index (χ1) is 9.82. The molecule has 0 aromatic heterocycles. The molecule has 5 heteroatoms. The van der Waals surface area contributed by atoms with Gasteiger partial charge in [0.25, 0.3) is 0 Å². The number of halogens is 2. The Morgan fingerprint density at radius 3 is 2.38 bits per heavy atom. The second-order valence-corrected chi connectivity index (χ2v) is 7.43. The maximum Gasteiger partial charge on any atom is 0.121 e. The second kappa shape index (κ2) is 6.74. The van der Waals surface area contributed by atoms with E-state index in [-0.39, 0.29) is 0 Å². The third-order valence-corrected chi connectivity index (χ3v) is 4.70. The first-order valence-electron chi connectivity index (χ1n) is 7.24. The quantitative estimate of drug-likeness (QED) is 0.825. The molecule has 0 aliphatic heterocycles.